The Bertz CT molecular complexity index is 3190. The zero-order valence-electron chi connectivity index (χ0n) is 24.3. The lowest BCUT2D eigenvalue weighted by Gasteiger charge is -2.06. The Morgan fingerprint density at radius 3 is 1.33 bits per heavy atom. The van der Waals surface area contributed by atoms with Crippen LogP contribution in [0.2, 0.25) is 0 Å². The molecular formula is C32H22N8O6S2. The van der Waals surface area contributed by atoms with Crippen LogP contribution in [0, 0.1) is 0 Å². The summed E-state index contributed by atoms with van der Waals surface area (Å²) in [5, 5.41) is 4.61. The van der Waals surface area contributed by atoms with Crippen molar-refractivity contribution in [3.63, 3.8) is 0 Å². The molecule has 0 saturated carbocycles. The van der Waals surface area contributed by atoms with Crippen LogP contribution in [0.5, 0.6) is 0 Å². The maximum absolute atomic E-state index is 12.8. The zero-order valence-corrected chi connectivity index (χ0v) is 26.0. The summed E-state index contributed by atoms with van der Waals surface area (Å²) in [7, 11) is -10.3. The number of benzene rings is 4. The molecule has 5 aromatic heterocycles. The molecule has 0 aliphatic carbocycles. The Morgan fingerprint density at radius 2 is 0.812 bits per heavy atom. The van der Waals surface area contributed by atoms with Crippen LogP contribution >= 0.6 is 0 Å². The Hall–Kier alpha value is -5.94. The van der Waals surface area contributed by atoms with Crippen LogP contribution in [0.4, 0.5) is 0 Å². The van der Waals surface area contributed by atoms with Crippen LogP contribution in [0.1, 0.15) is 0 Å². The van der Waals surface area contributed by atoms with Crippen LogP contribution < -0.4 is 0 Å². The third-order valence-electron chi connectivity index (χ3n) is 8.44. The van der Waals surface area contributed by atoms with Gasteiger partial charge in [-0.2, -0.15) is 16.8 Å². The minimum Gasteiger partial charge on any atom is -0.327 e. The Morgan fingerprint density at radius 1 is 0.417 bits per heavy atom. The first-order valence-electron chi connectivity index (χ1n) is 14.5. The molecule has 16 heteroatoms. The molecule has 9 rings (SSSR count). The molecule has 4 aromatic carbocycles. The molecule has 0 radical (unpaired) electrons. The second-order valence-corrected chi connectivity index (χ2v) is 14.0. The first kappa shape index (κ1) is 28.3. The van der Waals surface area contributed by atoms with E-state index >= 15 is 0 Å². The second kappa shape index (κ2) is 9.79. The monoisotopic (exact) mass is 678 g/mol. The van der Waals surface area contributed by atoms with Crippen LogP contribution in [-0.4, -0.2) is 65.8 Å². The Labute approximate surface area is 268 Å². The van der Waals surface area contributed by atoms with Gasteiger partial charge in [0.2, 0.25) is 0 Å². The van der Waals surface area contributed by atoms with E-state index in [1.54, 1.807) is 6.07 Å². The van der Waals surface area contributed by atoms with E-state index in [9.17, 15) is 25.9 Å². The minimum atomic E-state index is -5.23. The summed E-state index contributed by atoms with van der Waals surface area (Å²) in [5.74, 6) is 0. The summed E-state index contributed by atoms with van der Waals surface area (Å²) in [6.45, 7) is 0. The molecule has 0 amide bonds. The highest BCUT2D eigenvalue weighted by atomic mass is 32.2. The number of hydrogen-bond donors (Lipinski definition) is 8. The van der Waals surface area contributed by atoms with Crippen LogP contribution in [0.25, 0.3) is 88.3 Å². The number of fused-ring (bicyclic) bond motifs is 20. The molecule has 238 valence electrons. The Balaban J connectivity index is 1.60. The summed E-state index contributed by atoms with van der Waals surface area (Å²) >= 11 is 0. The number of hydrogen-bond acceptors (Lipinski definition) is 6. The highest BCUT2D eigenvalue weighted by Gasteiger charge is 2.29. The van der Waals surface area contributed by atoms with Crippen molar-refractivity contribution in [2.24, 2.45) is 0 Å². The van der Waals surface area contributed by atoms with Gasteiger partial charge in [0.05, 0.1) is 5.39 Å². The molecule has 0 aliphatic heterocycles. The molecule has 0 aliphatic rings. The highest BCUT2D eigenvalue weighted by molar-refractivity contribution is 7.89. The normalized spacial score (nSPS) is 12.7. The summed E-state index contributed by atoms with van der Waals surface area (Å²) < 4.78 is 70.8. The molecular weight excluding hydrogens is 657 g/mol. The first-order valence-corrected chi connectivity index (χ1v) is 17.4. The third kappa shape index (κ3) is 4.24. The third-order valence-corrected chi connectivity index (χ3v) is 10.4. The summed E-state index contributed by atoms with van der Waals surface area (Å²) in [6.07, 6.45) is 0. The van der Waals surface area contributed by atoms with Crippen LogP contribution in [0.15, 0.2) is 94.7 Å². The van der Waals surface area contributed by atoms with E-state index in [0.29, 0.717) is 39.0 Å². The van der Waals surface area contributed by atoms with E-state index in [-0.39, 0.29) is 27.7 Å². The maximum Gasteiger partial charge on any atom is 0.296 e. The number of H-pyrrole nitrogens is 6. The molecule has 0 unspecified atom stereocenters. The second-order valence-electron chi connectivity index (χ2n) is 11.3. The topological polar surface area (TPSA) is 229 Å². The van der Waals surface area contributed by atoms with E-state index in [0.717, 1.165) is 27.6 Å². The molecule has 0 spiro atoms. The maximum atomic E-state index is 12.8. The van der Waals surface area contributed by atoms with Crippen molar-refractivity contribution in [2.75, 3.05) is 0 Å². The van der Waals surface area contributed by atoms with E-state index in [1.807, 2.05) is 66.7 Å². The van der Waals surface area contributed by atoms with Gasteiger partial charge in [0, 0.05) is 37.7 Å². The van der Waals surface area contributed by atoms with Gasteiger partial charge in [0.15, 0.2) is 0 Å². The molecule has 0 atom stereocenters. The number of nitrogens with zero attached hydrogens (tertiary/aromatic N) is 2. The van der Waals surface area contributed by atoms with Gasteiger partial charge in [-0.25, -0.2) is 9.97 Å². The van der Waals surface area contributed by atoms with Crippen molar-refractivity contribution in [1.82, 2.24) is 39.9 Å². The van der Waals surface area contributed by atoms with Crippen molar-refractivity contribution < 1.29 is 25.9 Å². The summed E-state index contributed by atoms with van der Waals surface area (Å²) in [6, 6.07) is 24.9. The zero-order chi connectivity index (χ0) is 32.9. The van der Waals surface area contributed by atoms with Gasteiger partial charge >= 0.3 is 0 Å². The van der Waals surface area contributed by atoms with E-state index in [4.69, 9.17) is 9.97 Å². The van der Waals surface area contributed by atoms with Gasteiger partial charge in [-0.05, 0) is 12.1 Å². The van der Waals surface area contributed by atoms with Crippen molar-refractivity contribution in [3.8, 4) is 0 Å². The fraction of sp³-hybridized carbons (Fsp3) is 0. The first-order chi connectivity index (χ1) is 23.0. The van der Waals surface area contributed by atoms with Gasteiger partial charge in [0.25, 0.3) is 20.2 Å². The average molecular weight is 679 g/mol. The van der Waals surface area contributed by atoms with E-state index in [1.165, 1.54) is 6.07 Å². The van der Waals surface area contributed by atoms with E-state index < -0.39 is 30.0 Å². The molecule has 0 saturated heterocycles. The van der Waals surface area contributed by atoms with Gasteiger partial charge in [-0.1, -0.05) is 72.8 Å². The quantitative estimate of drug-likeness (QED) is 0.0950. The predicted molar refractivity (Wildman–Crippen MR) is 183 cm³/mol. The largest absolute Gasteiger partial charge is 0.327 e. The smallest absolute Gasteiger partial charge is 0.296 e. The Kier molecular flexibility index (Phi) is 5.77. The van der Waals surface area contributed by atoms with Crippen LogP contribution in [0.3, 0.4) is 0 Å². The van der Waals surface area contributed by atoms with E-state index in [2.05, 4.69) is 29.9 Å². The fourth-order valence-electron chi connectivity index (χ4n) is 6.41. The highest BCUT2D eigenvalue weighted by Crippen LogP contribution is 2.35. The number of aromatic nitrogens is 8. The van der Waals surface area contributed by atoms with Crippen molar-refractivity contribution in [2.45, 2.75) is 9.79 Å². The average Bonchev–Trinajstić information content (AvgIpc) is 3.79. The molecule has 14 nitrogen and oxygen atoms in total. The molecule has 9 aromatic rings. The number of aromatic amines is 6. The van der Waals surface area contributed by atoms with Gasteiger partial charge < -0.3 is 29.9 Å². The molecule has 0 fully saturated rings. The fourth-order valence-corrected chi connectivity index (χ4v) is 8.41. The predicted octanol–water partition coefficient (Wildman–Crippen LogP) is 6.41. The van der Waals surface area contributed by atoms with Crippen molar-refractivity contribution >= 4 is 109 Å². The lowest BCUT2D eigenvalue weighted by atomic mass is 10.2. The molecule has 5 heterocycles. The van der Waals surface area contributed by atoms with Crippen molar-refractivity contribution in [1.29, 1.82) is 0 Å². The number of rotatable bonds is 2. The number of nitrogens with one attached hydrogen (secondary N) is 6. The van der Waals surface area contributed by atoms with Gasteiger partial charge in [0.1, 0.15) is 55.0 Å². The lowest BCUT2D eigenvalue weighted by Crippen LogP contribution is -2.09. The van der Waals surface area contributed by atoms with Gasteiger partial charge in [-0.3, -0.25) is 9.11 Å². The molecule has 48 heavy (non-hydrogen) atoms. The summed E-state index contributed by atoms with van der Waals surface area (Å²) in [5.41, 5.74) is 3.24. The van der Waals surface area contributed by atoms with Gasteiger partial charge in [-0.15, -0.1) is 0 Å². The molecule has 8 N–H and O–H groups in total. The minimum absolute atomic E-state index is 0.113. The summed E-state index contributed by atoms with van der Waals surface area (Å²) in [4.78, 5) is 27.6. The van der Waals surface area contributed by atoms with Crippen LogP contribution in [-0.2, 0) is 20.2 Å². The van der Waals surface area contributed by atoms with Crippen molar-refractivity contribution in [3.05, 3.63) is 84.9 Å². The lowest BCUT2D eigenvalue weighted by molar-refractivity contribution is 0.468. The SMILES string of the molecule is O=S(=O)(O)c1ccc2c3[nH]c(nc4[nH]c(nc5[nH]c([nH]c6[nH]c([nH]3)c3ccccc63)c3ccccc53)c3ccccc43)c2c1S(=O)(=O)O. The molecule has 8 bridgehead atoms. The standard InChI is InChI=1S/C32H22N8O6S2/c41-47(42,43)22-14-13-21-23(24(22)48(44,45)46)32-39-30-20-12-6-5-11-19(20)28(37-30)35-26-16-8-2-1-7-15(16)25(33-26)34-27-17-9-3-4-10-18(17)29(36-27)38-31(21)40-32/h1-14,33-34,36,38,40H,(H,35,37,39)(H,41,42,43)(H,44,45,46).